The summed E-state index contributed by atoms with van der Waals surface area (Å²) in [7, 11) is 0. The van der Waals surface area contributed by atoms with Crippen LogP contribution in [0.4, 0.5) is 5.69 Å². The van der Waals surface area contributed by atoms with Crippen molar-refractivity contribution in [3.63, 3.8) is 0 Å². The fourth-order valence-corrected chi connectivity index (χ4v) is 3.81. The number of piperazine rings is 1. The highest BCUT2D eigenvalue weighted by molar-refractivity contribution is 5.77. The Bertz CT molecular complexity index is 645. The minimum atomic E-state index is -0.376. The van der Waals surface area contributed by atoms with Crippen LogP contribution in [-0.2, 0) is 4.79 Å². The van der Waals surface area contributed by atoms with E-state index in [2.05, 4.69) is 15.9 Å². The molecule has 6 nitrogen and oxygen atoms in total. The van der Waals surface area contributed by atoms with Gasteiger partial charge < -0.3 is 4.90 Å². The molecule has 0 aliphatic carbocycles. The fraction of sp³-hybridized carbons (Fsp3) is 0.500. The molecule has 2 atom stereocenters. The van der Waals surface area contributed by atoms with E-state index in [1.54, 1.807) is 12.1 Å². The number of nitrogens with zero attached hydrogens (tertiary/aromatic N) is 3. The van der Waals surface area contributed by atoms with Gasteiger partial charge in [0.1, 0.15) is 0 Å². The normalized spacial score (nSPS) is 23.8. The summed E-state index contributed by atoms with van der Waals surface area (Å²) in [4.78, 5) is 27.0. The highest BCUT2D eigenvalue weighted by Gasteiger charge is 2.41. The number of rotatable bonds is 5. The summed E-state index contributed by atoms with van der Waals surface area (Å²) in [6, 6.07) is 7.35. The van der Waals surface area contributed by atoms with Crippen LogP contribution in [0, 0.1) is 10.1 Å². The summed E-state index contributed by atoms with van der Waals surface area (Å²) >= 11 is 0. The molecule has 2 fully saturated rings. The zero-order valence-electron chi connectivity index (χ0n) is 13.9. The van der Waals surface area contributed by atoms with Gasteiger partial charge in [0.25, 0.3) is 5.69 Å². The number of fused-ring (bicyclic) bond motifs is 2. The van der Waals surface area contributed by atoms with Crippen molar-refractivity contribution in [1.29, 1.82) is 0 Å². The van der Waals surface area contributed by atoms with Crippen molar-refractivity contribution in [2.24, 2.45) is 0 Å². The number of carbonyl (C=O) groups is 1. The molecular weight excluding hydrogens is 306 g/mol. The van der Waals surface area contributed by atoms with E-state index < -0.39 is 0 Å². The minimum absolute atomic E-state index is 0.113. The van der Waals surface area contributed by atoms with Crippen molar-refractivity contribution in [2.45, 2.75) is 38.3 Å². The standard InChI is InChI=1S/C18H23N3O3/c1-2-18(22)20-16-8-9-17(20)13-19(12-16)10-4-6-14-5-3-7-15(11-14)21(23)24/h3-7,11,16-17H,2,8-10,12-13H2,1H3/b6-4+/t16-,17+. The molecule has 1 aromatic carbocycles. The van der Waals surface area contributed by atoms with Crippen molar-refractivity contribution in [2.75, 3.05) is 19.6 Å². The second-order valence-corrected chi connectivity index (χ2v) is 6.51. The molecule has 0 spiro atoms. The van der Waals surface area contributed by atoms with Gasteiger partial charge in [-0.15, -0.1) is 0 Å². The lowest BCUT2D eigenvalue weighted by atomic mass is 10.1. The van der Waals surface area contributed by atoms with Gasteiger partial charge in [-0.05, 0) is 18.4 Å². The molecule has 0 N–H and O–H groups in total. The van der Waals surface area contributed by atoms with Crippen LogP contribution >= 0.6 is 0 Å². The van der Waals surface area contributed by atoms with E-state index in [4.69, 9.17) is 0 Å². The first-order valence-electron chi connectivity index (χ1n) is 8.53. The van der Waals surface area contributed by atoms with Gasteiger partial charge in [-0.2, -0.15) is 0 Å². The molecule has 0 radical (unpaired) electrons. The van der Waals surface area contributed by atoms with Crippen LogP contribution < -0.4 is 0 Å². The van der Waals surface area contributed by atoms with Crippen molar-refractivity contribution in [3.05, 3.63) is 46.0 Å². The molecular formula is C18H23N3O3. The number of likely N-dealkylation sites (tertiary alicyclic amines) is 1. The Balaban J connectivity index is 1.58. The molecule has 0 unspecified atom stereocenters. The zero-order valence-corrected chi connectivity index (χ0v) is 13.9. The molecule has 2 heterocycles. The number of benzene rings is 1. The summed E-state index contributed by atoms with van der Waals surface area (Å²) in [5.74, 6) is 0.272. The van der Waals surface area contributed by atoms with Gasteiger partial charge in [0.05, 0.1) is 4.92 Å². The third kappa shape index (κ3) is 3.48. The third-order valence-corrected chi connectivity index (χ3v) is 4.90. The quantitative estimate of drug-likeness (QED) is 0.615. The second kappa shape index (κ2) is 7.13. The Morgan fingerprint density at radius 3 is 2.67 bits per heavy atom. The average Bonchev–Trinajstić information content (AvgIpc) is 2.85. The van der Waals surface area contributed by atoms with Crippen molar-refractivity contribution in [3.8, 4) is 0 Å². The number of non-ortho nitro benzene ring substituents is 1. The number of nitro benzene ring substituents is 1. The molecule has 1 amide bonds. The van der Waals surface area contributed by atoms with Gasteiger partial charge in [-0.25, -0.2) is 0 Å². The molecule has 6 heteroatoms. The number of hydrogen-bond acceptors (Lipinski definition) is 4. The third-order valence-electron chi connectivity index (χ3n) is 4.90. The molecule has 2 bridgehead atoms. The highest BCUT2D eigenvalue weighted by Crippen LogP contribution is 2.30. The van der Waals surface area contributed by atoms with Gasteiger partial charge in [-0.3, -0.25) is 19.8 Å². The van der Waals surface area contributed by atoms with Gasteiger partial charge in [-0.1, -0.05) is 31.2 Å². The number of carbonyl (C=O) groups excluding carboxylic acids is 1. The van der Waals surface area contributed by atoms with E-state index in [9.17, 15) is 14.9 Å². The Morgan fingerprint density at radius 1 is 1.33 bits per heavy atom. The van der Waals surface area contributed by atoms with Crippen molar-refractivity contribution < 1.29 is 9.72 Å². The molecule has 128 valence electrons. The second-order valence-electron chi connectivity index (χ2n) is 6.51. The van der Waals surface area contributed by atoms with E-state index in [0.717, 1.165) is 38.0 Å². The fourth-order valence-electron chi connectivity index (χ4n) is 3.81. The molecule has 2 aliphatic heterocycles. The number of amides is 1. The minimum Gasteiger partial charge on any atom is -0.334 e. The summed E-state index contributed by atoms with van der Waals surface area (Å²) in [5.41, 5.74) is 0.953. The molecule has 2 saturated heterocycles. The lowest BCUT2D eigenvalue weighted by molar-refractivity contribution is -0.384. The van der Waals surface area contributed by atoms with Gasteiger partial charge in [0.2, 0.25) is 5.91 Å². The van der Waals surface area contributed by atoms with E-state index in [1.807, 2.05) is 19.1 Å². The Hall–Kier alpha value is -2.21. The first-order chi connectivity index (χ1) is 11.6. The molecule has 1 aromatic rings. The van der Waals surface area contributed by atoms with Crippen LogP contribution in [0.25, 0.3) is 6.08 Å². The maximum absolute atomic E-state index is 12.1. The van der Waals surface area contributed by atoms with Crippen LogP contribution in [0.2, 0.25) is 0 Å². The smallest absolute Gasteiger partial charge is 0.270 e. The zero-order chi connectivity index (χ0) is 17.1. The van der Waals surface area contributed by atoms with Crippen molar-refractivity contribution in [1.82, 2.24) is 9.80 Å². The van der Waals surface area contributed by atoms with Crippen LogP contribution in [0.3, 0.4) is 0 Å². The first-order valence-corrected chi connectivity index (χ1v) is 8.53. The monoisotopic (exact) mass is 329 g/mol. The van der Waals surface area contributed by atoms with Gasteiger partial charge in [0, 0.05) is 50.3 Å². The predicted molar refractivity (Wildman–Crippen MR) is 92.5 cm³/mol. The maximum atomic E-state index is 12.1. The molecule has 24 heavy (non-hydrogen) atoms. The van der Waals surface area contributed by atoms with E-state index in [0.29, 0.717) is 18.5 Å². The SMILES string of the molecule is CCC(=O)N1[C@@H]2CC[C@H]1CN(C/C=C/c1cccc([N+](=O)[O-])c1)C2. The Kier molecular flexibility index (Phi) is 4.94. The number of hydrogen-bond donors (Lipinski definition) is 0. The van der Waals surface area contributed by atoms with E-state index >= 15 is 0 Å². The summed E-state index contributed by atoms with van der Waals surface area (Å²) in [6.45, 7) is 4.57. The Labute approximate surface area is 141 Å². The van der Waals surface area contributed by atoms with Crippen LogP contribution in [0.15, 0.2) is 30.3 Å². The maximum Gasteiger partial charge on any atom is 0.270 e. The molecule has 2 aliphatic rings. The first kappa shape index (κ1) is 16.6. The van der Waals surface area contributed by atoms with Crippen molar-refractivity contribution >= 4 is 17.7 Å². The summed E-state index contributed by atoms with van der Waals surface area (Å²) in [5, 5.41) is 10.8. The van der Waals surface area contributed by atoms with E-state index in [1.165, 1.54) is 6.07 Å². The van der Waals surface area contributed by atoms with Gasteiger partial charge in [0.15, 0.2) is 0 Å². The largest absolute Gasteiger partial charge is 0.334 e. The molecule has 0 aromatic heterocycles. The summed E-state index contributed by atoms with van der Waals surface area (Å²) in [6.07, 6.45) is 6.76. The molecule has 3 rings (SSSR count). The van der Waals surface area contributed by atoms with Crippen LogP contribution in [0.5, 0.6) is 0 Å². The lowest BCUT2D eigenvalue weighted by Crippen LogP contribution is -2.55. The Morgan fingerprint density at radius 2 is 2.04 bits per heavy atom. The van der Waals surface area contributed by atoms with Crippen LogP contribution in [-0.4, -0.2) is 52.3 Å². The van der Waals surface area contributed by atoms with E-state index in [-0.39, 0.29) is 16.5 Å². The number of nitro groups is 1. The predicted octanol–water partition coefficient (Wildman–Crippen LogP) is 2.69. The average molecular weight is 329 g/mol. The van der Waals surface area contributed by atoms with Gasteiger partial charge >= 0.3 is 0 Å². The topological polar surface area (TPSA) is 66.7 Å². The lowest BCUT2D eigenvalue weighted by Gasteiger charge is -2.40. The van der Waals surface area contributed by atoms with Crippen LogP contribution in [0.1, 0.15) is 31.7 Å². The highest BCUT2D eigenvalue weighted by atomic mass is 16.6. The molecule has 0 saturated carbocycles. The summed E-state index contributed by atoms with van der Waals surface area (Å²) < 4.78 is 0.